The second kappa shape index (κ2) is 5.85. The number of aromatic nitrogens is 1. The third kappa shape index (κ3) is 2.88. The minimum absolute atomic E-state index is 0.0257. The van der Waals surface area contributed by atoms with E-state index in [9.17, 15) is 13.5 Å². The number of aliphatic hydroxyl groups is 1. The first-order valence-corrected chi connectivity index (χ1v) is 7.76. The third-order valence-electron chi connectivity index (χ3n) is 3.41. The molecule has 1 unspecified atom stereocenters. The summed E-state index contributed by atoms with van der Waals surface area (Å²) in [5.74, 6) is 0.0261. The van der Waals surface area contributed by atoms with Crippen LogP contribution < -0.4 is 5.32 Å². The summed E-state index contributed by atoms with van der Waals surface area (Å²) in [5.41, 5.74) is 0.543. The van der Waals surface area contributed by atoms with Crippen LogP contribution in [0.5, 0.6) is 0 Å². The van der Waals surface area contributed by atoms with E-state index in [4.69, 9.17) is 0 Å². The normalized spacial score (nSPS) is 21.3. The molecule has 2 N–H and O–H groups in total. The van der Waals surface area contributed by atoms with Crippen molar-refractivity contribution < 1.29 is 13.5 Å². The van der Waals surface area contributed by atoms with Crippen molar-refractivity contribution in [2.24, 2.45) is 5.92 Å². The molecule has 7 heteroatoms. The molecule has 0 bridgehead atoms. The topological polar surface area (TPSA) is 82.5 Å². The predicted molar refractivity (Wildman–Crippen MR) is 72.4 cm³/mol. The lowest BCUT2D eigenvalue weighted by Crippen LogP contribution is -2.41. The lowest BCUT2D eigenvalue weighted by Gasteiger charge is -2.31. The van der Waals surface area contributed by atoms with Crippen molar-refractivity contribution in [1.82, 2.24) is 9.29 Å². The van der Waals surface area contributed by atoms with Crippen molar-refractivity contribution in [3.8, 4) is 0 Å². The van der Waals surface area contributed by atoms with Gasteiger partial charge in [0.1, 0.15) is 4.90 Å². The summed E-state index contributed by atoms with van der Waals surface area (Å²) in [7, 11) is -1.87. The van der Waals surface area contributed by atoms with Gasteiger partial charge in [-0.1, -0.05) is 0 Å². The number of aliphatic hydroxyl groups excluding tert-OH is 1. The van der Waals surface area contributed by atoms with Gasteiger partial charge in [0.05, 0.1) is 5.69 Å². The van der Waals surface area contributed by atoms with Gasteiger partial charge in [-0.2, -0.15) is 4.31 Å². The van der Waals surface area contributed by atoms with Gasteiger partial charge in [-0.05, 0) is 24.8 Å². The van der Waals surface area contributed by atoms with Crippen LogP contribution in [0.3, 0.4) is 0 Å². The number of piperidine rings is 1. The maximum Gasteiger partial charge on any atom is 0.246 e. The SMILES string of the molecule is CNc1ccncc1S(=O)(=O)N1CCCC(CO)C1. The number of hydrogen-bond donors (Lipinski definition) is 2. The molecular formula is C12H19N3O3S. The lowest BCUT2D eigenvalue weighted by atomic mass is 10.0. The average molecular weight is 285 g/mol. The van der Waals surface area contributed by atoms with Gasteiger partial charge in [0, 0.05) is 39.1 Å². The Morgan fingerprint density at radius 1 is 1.58 bits per heavy atom. The number of hydrogen-bond acceptors (Lipinski definition) is 5. The highest BCUT2D eigenvalue weighted by atomic mass is 32.2. The second-order valence-electron chi connectivity index (χ2n) is 4.68. The summed E-state index contributed by atoms with van der Waals surface area (Å²) in [6, 6.07) is 1.64. The fourth-order valence-electron chi connectivity index (χ4n) is 2.33. The summed E-state index contributed by atoms with van der Waals surface area (Å²) >= 11 is 0. The minimum atomic E-state index is -3.55. The molecule has 2 heterocycles. The van der Waals surface area contributed by atoms with E-state index in [1.807, 2.05) is 0 Å². The van der Waals surface area contributed by atoms with Gasteiger partial charge in [-0.15, -0.1) is 0 Å². The van der Waals surface area contributed by atoms with E-state index in [2.05, 4.69) is 10.3 Å². The first kappa shape index (κ1) is 14.2. The van der Waals surface area contributed by atoms with Crippen molar-refractivity contribution in [3.05, 3.63) is 18.5 Å². The quantitative estimate of drug-likeness (QED) is 0.842. The number of pyridine rings is 1. The van der Waals surface area contributed by atoms with E-state index >= 15 is 0 Å². The van der Waals surface area contributed by atoms with Gasteiger partial charge in [0.25, 0.3) is 0 Å². The first-order valence-electron chi connectivity index (χ1n) is 6.32. The van der Waals surface area contributed by atoms with Crippen molar-refractivity contribution in [2.75, 3.05) is 32.1 Å². The molecule has 1 saturated heterocycles. The predicted octanol–water partition coefficient (Wildman–Crippen LogP) is 0.516. The minimum Gasteiger partial charge on any atom is -0.396 e. The summed E-state index contributed by atoms with van der Waals surface area (Å²) in [4.78, 5) is 4.09. The molecule has 1 aromatic rings. The van der Waals surface area contributed by atoms with Crippen LogP contribution >= 0.6 is 0 Å². The zero-order chi connectivity index (χ0) is 13.9. The summed E-state index contributed by atoms with van der Waals surface area (Å²) < 4.78 is 26.6. The van der Waals surface area contributed by atoms with Crippen LogP contribution in [0.15, 0.2) is 23.4 Å². The number of rotatable bonds is 4. The molecule has 0 amide bonds. The molecule has 0 aromatic carbocycles. The van der Waals surface area contributed by atoms with E-state index in [0.29, 0.717) is 18.8 Å². The molecule has 1 aromatic heterocycles. The molecule has 0 aliphatic carbocycles. The molecule has 1 fully saturated rings. The Kier molecular flexibility index (Phi) is 4.38. The first-order chi connectivity index (χ1) is 9.09. The van der Waals surface area contributed by atoms with Crippen molar-refractivity contribution in [1.29, 1.82) is 0 Å². The molecule has 0 radical (unpaired) electrons. The molecule has 1 aliphatic heterocycles. The van der Waals surface area contributed by atoms with Crippen LogP contribution in [-0.4, -0.2) is 49.6 Å². The molecular weight excluding hydrogens is 266 g/mol. The van der Waals surface area contributed by atoms with Crippen molar-refractivity contribution in [3.63, 3.8) is 0 Å². The molecule has 1 aliphatic rings. The van der Waals surface area contributed by atoms with Gasteiger partial charge in [-0.25, -0.2) is 8.42 Å². The van der Waals surface area contributed by atoms with Crippen LogP contribution in [0.2, 0.25) is 0 Å². The Hall–Kier alpha value is -1.18. The number of nitrogens with zero attached hydrogens (tertiary/aromatic N) is 2. The average Bonchev–Trinajstić information content (AvgIpc) is 2.47. The Morgan fingerprint density at radius 3 is 3.05 bits per heavy atom. The Bertz CT molecular complexity index is 533. The zero-order valence-corrected chi connectivity index (χ0v) is 11.7. The maximum atomic E-state index is 12.6. The van der Waals surface area contributed by atoms with E-state index in [1.165, 1.54) is 10.5 Å². The molecule has 0 saturated carbocycles. The van der Waals surface area contributed by atoms with Gasteiger partial charge in [0.15, 0.2) is 0 Å². The zero-order valence-electron chi connectivity index (χ0n) is 10.9. The smallest absolute Gasteiger partial charge is 0.246 e. The van der Waals surface area contributed by atoms with Gasteiger partial charge < -0.3 is 10.4 Å². The van der Waals surface area contributed by atoms with Crippen LogP contribution in [0.1, 0.15) is 12.8 Å². The van der Waals surface area contributed by atoms with Gasteiger partial charge >= 0.3 is 0 Å². The Morgan fingerprint density at radius 2 is 2.37 bits per heavy atom. The number of nitrogens with one attached hydrogen (secondary N) is 1. The number of sulfonamides is 1. The molecule has 2 rings (SSSR count). The Labute approximate surface area is 113 Å². The molecule has 106 valence electrons. The highest BCUT2D eigenvalue weighted by Gasteiger charge is 2.31. The van der Waals surface area contributed by atoms with E-state index in [1.54, 1.807) is 19.3 Å². The Balaban J connectivity index is 2.31. The van der Waals surface area contributed by atoms with Crippen molar-refractivity contribution in [2.45, 2.75) is 17.7 Å². The fourth-order valence-corrected chi connectivity index (χ4v) is 4.02. The lowest BCUT2D eigenvalue weighted by molar-refractivity contribution is 0.165. The standard InChI is InChI=1S/C12H19N3O3S/c1-13-11-4-5-14-7-12(11)19(17,18)15-6-2-3-10(8-15)9-16/h4-5,7,10,16H,2-3,6,8-9H2,1H3,(H,13,14). The van der Waals surface area contributed by atoms with Crippen LogP contribution in [0.4, 0.5) is 5.69 Å². The summed E-state index contributed by atoms with van der Waals surface area (Å²) in [5, 5.41) is 12.1. The summed E-state index contributed by atoms with van der Waals surface area (Å²) in [6.07, 6.45) is 4.56. The molecule has 0 spiro atoms. The molecule has 6 nitrogen and oxygen atoms in total. The van der Waals surface area contributed by atoms with E-state index in [-0.39, 0.29) is 17.4 Å². The van der Waals surface area contributed by atoms with E-state index in [0.717, 1.165) is 12.8 Å². The third-order valence-corrected chi connectivity index (χ3v) is 5.30. The fraction of sp³-hybridized carbons (Fsp3) is 0.583. The highest BCUT2D eigenvalue weighted by Crippen LogP contribution is 2.27. The van der Waals surface area contributed by atoms with Crippen molar-refractivity contribution >= 4 is 15.7 Å². The number of anilines is 1. The molecule has 1 atom stereocenters. The highest BCUT2D eigenvalue weighted by molar-refractivity contribution is 7.89. The largest absolute Gasteiger partial charge is 0.396 e. The van der Waals surface area contributed by atoms with E-state index < -0.39 is 10.0 Å². The van der Waals surface area contributed by atoms with Crippen LogP contribution in [0, 0.1) is 5.92 Å². The van der Waals surface area contributed by atoms with Crippen LogP contribution in [-0.2, 0) is 10.0 Å². The molecule has 19 heavy (non-hydrogen) atoms. The summed E-state index contributed by atoms with van der Waals surface area (Å²) in [6.45, 7) is 0.895. The second-order valence-corrected chi connectivity index (χ2v) is 6.58. The maximum absolute atomic E-state index is 12.6. The van der Waals surface area contributed by atoms with Gasteiger partial charge in [-0.3, -0.25) is 4.98 Å². The van der Waals surface area contributed by atoms with Crippen LogP contribution in [0.25, 0.3) is 0 Å². The van der Waals surface area contributed by atoms with Gasteiger partial charge in [0.2, 0.25) is 10.0 Å². The monoisotopic (exact) mass is 285 g/mol.